The van der Waals surface area contributed by atoms with Crippen molar-refractivity contribution in [3.8, 4) is 5.75 Å². The highest BCUT2D eigenvalue weighted by Crippen LogP contribution is 2.24. The number of hydrogen-bond donors (Lipinski definition) is 2. The van der Waals surface area contributed by atoms with E-state index in [1.165, 1.54) is 18.4 Å². The first-order valence-electron chi connectivity index (χ1n) is 7.57. The molecule has 0 aromatic heterocycles. The molecule has 4 nitrogen and oxygen atoms in total. The Morgan fingerprint density at radius 1 is 1.38 bits per heavy atom. The van der Waals surface area contributed by atoms with Crippen molar-refractivity contribution in [1.82, 2.24) is 0 Å². The zero-order chi connectivity index (χ0) is 15.1. The van der Waals surface area contributed by atoms with Crippen LogP contribution < -0.4 is 10.1 Å². The second-order valence-corrected chi connectivity index (χ2v) is 5.25. The summed E-state index contributed by atoms with van der Waals surface area (Å²) in [4.78, 5) is 12.0. The third-order valence-electron chi connectivity index (χ3n) is 3.59. The molecular weight excluding hydrogens is 266 g/mol. The first-order valence-corrected chi connectivity index (χ1v) is 7.57. The molecule has 1 aromatic carbocycles. The number of carbonyl (C=O) groups excluding carboxylic acids is 1. The molecule has 1 aromatic rings. The van der Waals surface area contributed by atoms with Crippen LogP contribution in [-0.2, 0) is 11.4 Å². The quantitative estimate of drug-likeness (QED) is 0.789. The second-order valence-electron chi connectivity index (χ2n) is 5.25. The number of anilines is 1. The summed E-state index contributed by atoms with van der Waals surface area (Å²) in [7, 11) is 0. The van der Waals surface area contributed by atoms with Crippen LogP contribution in [0.3, 0.4) is 0 Å². The van der Waals surface area contributed by atoms with Gasteiger partial charge in [0.25, 0.3) is 0 Å². The van der Waals surface area contributed by atoms with Crippen LogP contribution >= 0.6 is 0 Å². The SMILES string of the molecule is CCOc1ccc(NC(=O)CC2=CCCCC2)cc1CO. The summed E-state index contributed by atoms with van der Waals surface area (Å²) in [6.07, 6.45) is 7.15. The third kappa shape index (κ3) is 4.60. The van der Waals surface area contributed by atoms with Crippen molar-refractivity contribution in [3.63, 3.8) is 0 Å². The summed E-state index contributed by atoms with van der Waals surface area (Å²) in [5.41, 5.74) is 2.61. The molecular formula is C17H23NO3. The average Bonchev–Trinajstić information content (AvgIpc) is 2.50. The Kier molecular flexibility index (Phi) is 5.81. The Morgan fingerprint density at radius 2 is 2.24 bits per heavy atom. The normalized spacial score (nSPS) is 14.5. The van der Waals surface area contributed by atoms with Crippen LogP contribution in [0.5, 0.6) is 5.75 Å². The van der Waals surface area contributed by atoms with Gasteiger partial charge < -0.3 is 15.2 Å². The van der Waals surface area contributed by atoms with Crippen molar-refractivity contribution in [1.29, 1.82) is 0 Å². The minimum absolute atomic E-state index is 0.00352. The minimum atomic E-state index is -0.107. The Balaban J connectivity index is 1.98. The zero-order valence-corrected chi connectivity index (χ0v) is 12.5. The number of aliphatic hydroxyl groups is 1. The Bertz CT molecular complexity index is 523. The van der Waals surface area contributed by atoms with Gasteiger partial charge in [0, 0.05) is 17.7 Å². The molecule has 1 amide bonds. The highest BCUT2D eigenvalue weighted by Gasteiger charge is 2.10. The fourth-order valence-corrected chi connectivity index (χ4v) is 2.55. The molecule has 0 saturated heterocycles. The molecule has 2 rings (SSSR count). The van der Waals surface area contributed by atoms with Gasteiger partial charge in [-0.2, -0.15) is 0 Å². The van der Waals surface area contributed by atoms with Crippen molar-refractivity contribution in [2.24, 2.45) is 0 Å². The highest BCUT2D eigenvalue weighted by atomic mass is 16.5. The standard InChI is InChI=1S/C17H23NO3/c1-2-21-16-9-8-15(11-14(16)12-19)18-17(20)10-13-6-4-3-5-7-13/h6,8-9,11,19H,2-5,7,10,12H2,1H3,(H,18,20). The van der Waals surface area contributed by atoms with Gasteiger partial charge in [0.2, 0.25) is 5.91 Å². The van der Waals surface area contributed by atoms with Crippen LogP contribution in [0.4, 0.5) is 5.69 Å². The second kappa shape index (κ2) is 7.84. The molecule has 0 aliphatic heterocycles. The van der Waals surface area contributed by atoms with Gasteiger partial charge in [-0.15, -0.1) is 0 Å². The van der Waals surface area contributed by atoms with Crippen LogP contribution in [0.1, 0.15) is 44.6 Å². The van der Waals surface area contributed by atoms with Gasteiger partial charge in [-0.1, -0.05) is 11.6 Å². The van der Waals surface area contributed by atoms with Crippen molar-refractivity contribution in [2.75, 3.05) is 11.9 Å². The van der Waals surface area contributed by atoms with Gasteiger partial charge in [-0.3, -0.25) is 4.79 Å². The van der Waals surface area contributed by atoms with E-state index in [2.05, 4.69) is 11.4 Å². The minimum Gasteiger partial charge on any atom is -0.494 e. The fourth-order valence-electron chi connectivity index (χ4n) is 2.55. The van der Waals surface area contributed by atoms with Crippen LogP contribution in [0.2, 0.25) is 0 Å². The van der Waals surface area contributed by atoms with Gasteiger partial charge in [-0.05, 0) is 50.8 Å². The predicted molar refractivity (Wildman–Crippen MR) is 83.3 cm³/mol. The van der Waals surface area contributed by atoms with Crippen molar-refractivity contribution in [3.05, 3.63) is 35.4 Å². The number of hydrogen-bond acceptors (Lipinski definition) is 3. The Labute approximate surface area is 125 Å². The third-order valence-corrected chi connectivity index (χ3v) is 3.59. The van der Waals surface area contributed by atoms with Gasteiger partial charge in [0.15, 0.2) is 0 Å². The lowest BCUT2D eigenvalue weighted by molar-refractivity contribution is -0.115. The van der Waals surface area contributed by atoms with Crippen LogP contribution in [0.15, 0.2) is 29.8 Å². The molecule has 4 heteroatoms. The molecule has 0 bridgehead atoms. The summed E-state index contributed by atoms with van der Waals surface area (Å²) in [6.45, 7) is 2.34. The number of ether oxygens (including phenoxy) is 1. The first kappa shape index (κ1) is 15.6. The number of nitrogens with one attached hydrogen (secondary N) is 1. The van der Waals surface area contributed by atoms with Crippen molar-refractivity contribution in [2.45, 2.75) is 45.6 Å². The highest BCUT2D eigenvalue weighted by molar-refractivity contribution is 5.92. The predicted octanol–water partition coefficient (Wildman–Crippen LogP) is 3.41. The molecule has 0 spiro atoms. The number of rotatable bonds is 6. The molecule has 0 fully saturated rings. The summed E-state index contributed by atoms with van der Waals surface area (Å²) < 4.78 is 5.43. The molecule has 1 aliphatic rings. The topological polar surface area (TPSA) is 58.6 Å². The number of allylic oxidation sites excluding steroid dienone is 1. The smallest absolute Gasteiger partial charge is 0.228 e. The number of aliphatic hydroxyl groups excluding tert-OH is 1. The van der Waals surface area contributed by atoms with Crippen molar-refractivity contribution >= 4 is 11.6 Å². The zero-order valence-electron chi connectivity index (χ0n) is 12.5. The van der Waals surface area contributed by atoms with Crippen LogP contribution in [0.25, 0.3) is 0 Å². The van der Waals surface area contributed by atoms with E-state index in [1.807, 2.05) is 6.92 Å². The molecule has 0 atom stereocenters. The lowest BCUT2D eigenvalue weighted by Crippen LogP contribution is -2.13. The molecule has 21 heavy (non-hydrogen) atoms. The molecule has 1 aliphatic carbocycles. The van der Waals surface area contributed by atoms with Gasteiger partial charge >= 0.3 is 0 Å². The number of benzene rings is 1. The molecule has 0 unspecified atom stereocenters. The van der Waals surface area contributed by atoms with E-state index in [4.69, 9.17) is 4.74 Å². The van der Waals surface area contributed by atoms with Crippen LogP contribution in [-0.4, -0.2) is 17.6 Å². The van der Waals surface area contributed by atoms with E-state index >= 15 is 0 Å². The maximum atomic E-state index is 12.0. The van der Waals surface area contributed by atoms with E-state index in [9.17, 15) is 9.90 Å². The summed E-state index contributed by atoms with van der Waals surface area (Å²) in [5.74, 6) is 0.657. The van der Waals surface area contributed by atoms with Gasteiger partial charge in [-0.25, -0.2) is 0 Å². The van der Waals surface area contributed by atoms with E-state index in [0.717, 1.165) is 12.8 Å². The summed E-state index contributed by atoms with van der Waals surface area (Å²) in [6, 6.07) is 5.35. The maximum Gasteiger partial charge on any atom is 0.228 e. The van der Waals surface area contributed by atoms with E-state index < -0.39 is 0 Å². The van der Waals surface area contributed by atoms with Crippen molar-refractivity contribution < 1.29 is 14.6 Å². The maximum absolute atomic E-state index is 12.0. The lowest BCUT2D eigenvalue weighted by atomic mass is 9.97. The fraction of sp³-hybridized carbons (Fsp3) is 0.471. The monoisotopic (exact) mass is 289 g/mol. The Morgan fingerprint density at radius 3 is 2.90 bits per heavy atom. The number of amides is 1. The first-order chi connectivity index (χ1) is 10.2. The van der Waals surface area contributed by atoms with E-state index in [-0.39, 0.29) is 12.5 Å². The summed E-state index contributed by atoms with van der Waals surface area (Å²) in [5, 5.41) is 12.2. The number of carbonyl (C=O) groups is 1. The van der Waals surface area contributed by atoms with Gasteiger partial charge in [0.05, 0.1) is 13.2 Å². The molecule has 0 heterocycles. The van der Waals surface area contributed by atoms with E-state index in [1.54, 1.807) is 18.2 Å². The lowest BCUT2D eigenvalue weighted by Gasteiger charge is -2.14. The molecule has 0 radical (unpaired) electrons. The van der Waals surface area contributed by atoms with E-state index in [0.29, 0.717) is 30.0 Å². The largest absolute Gasteiger partial charge is 0.494 e. The molecule has 114 valence electrons. The summed E-state index contributed by atoms with van der Waals surface area (Å²) >= 11 is 0. The Hall–Kier alpha value is -1.81. The average molecular weight is 289 g/mol. The molecule has 0 saturated carbocycles. The van der Waals surface area contributed by atoms with Crippen LogP contribution in [0, 0.1) is 0 Å². The van der Waals surface area contributed by atoms with Gasteiger partial charge in [0.1, 0.15) is 5.75 Å². The molecule has 2 N–H and O–H groups in total.